The Bertz CT molecular complexity index is 1710. The zero-order valence-corrected chi connectivity index (χ0v) is 23.8. The van der Waals surface area contributed by atoms with Gasteiger partial charge >= 0.3 is 6.03 Å². The van der Waals surface area contributed by atoms with E-state index >= 15 is 0 Å². The highest BCUT2D eigenvalue weighted by Crippen LogP contribution is 2.30. The van der Waals surface area contributed by atoms with Crippen LogP contribution in [-0.2, 0) is 4.74 Å². The van der Waals surface area contributed by atoms with Gasteiger partial charge in [0.1, 0.15) is 11.2 Å². The van der Waals surface area contributed by atoms with Crippen molar-refractivity contribution in [2.24, 2.45) is 0 Å². The first-order chi connectivity index (χ1) is 19.6. The van der Waals surface area contributed by atoms with E-state index in [1.165, 1.54) is 0 Å². The van der Waals surface area contributed by atoms with Gasteiger partial charge in [0.15, 0.2) is 11.5 Å². The summed E-state index contributed by atoms with van der Waals surface area (Å²) < 4.78 is 5.92. The molecule has 3 amide bonds. The van der Waals surface area contributed by atoms with E-state index in [1.54, 1.807) is 34.5 Å². The van der Waals surface area contributed by atoms with Crippen LogP contribution in [0.3, 0.4) is 0 Å². The molecule has 3 N–H and O–H groups in total. The first kappa shape index (κ1) is 26.1. The highest BCUT2D eigenvalue weighted by molar-refractivity contribution is 14.1. The molecule has 0 saturated carbocycles. The largest absolute Gasteiger partial charge is 0.378 e. The fraction of sp³-hybridized carbons (Fsp3) is 0.259. The van der Waals surface area contributed by atoms with Gasteiger partial charge in [-0.25, -0.2) is 14.8 Å². The molecule has 12 nitrogen and oxygen atoms in total. The molecule has 1 saturated heterocycles. The van der Waals surface area contributed by atoms with E-state index in [1.807, 2.05) is 31.2 Å². The highest BCUT2D eigenvalue weighted by Gasteiger charge is 2.21. The van der Waals surface area contributed by atoms with Crippen LogP contribution in [0.2, 0.25) is 0 Å². The fourth-order valence-corrected chi connectivity index (χ4v) is 5.44. The number of hydrogen-bond donors (Lipinski definition) is 3. The van der Waals surface area contributed by atoms with Crippen LogP contribution in [0.1, 0.15) is 17.3 Å². The zero-order chi connectivity index (χ0) is 27.6. The summed E-state index contributed by atoms with van der Waals surface area (Å²) in [6, 6.07) is 9.17. The number of aromatic amines is 2. The quantitative estimate of drug-likeness (QED) is 0.141. The van der Waals surface area contributed by atoms with Crippen molar-refractivity contribution in [3.05, 3.63) is 54.5 Å². The number of H-pyrrole nitrogens is 2. The summed E-state index contributed by atoms with van der Waals surface area (Å²) in [5.41, 5.74) is 5.25. The van der Waals surface area contributed by atoms with Crippen LogP contribution < -0.4 is 5.32 Å². The summed E-state index contributed by atoms with van der Waals surface area (Å²) in [7, 11) is 0. The van der Waals surface area contributed by atoms with E-state index in [2.05, 4.69) is 53.1 Å². The lowest BCUT2D eigenvalue weighted by molar-refractivity contribution is 0.0564. The van der Waals surface area contributed by atoms with Crippen molar-refractivity contribution >= 4 is 62.3 Å². The number of amides is 3. The molecule has 40 heavy (non-hydrogen) atoms. The topological polar surface area (TPSA) is 145 Å². The van der Waals surface area contributed by atoms with E-state index in [4.69, 9.17) is 9.72 Å². The second-order valence-electron chi connectivity index (χ2n) is 9.25. The van der Waals surface area contributed by atoms with Crippen LogP contribution in [0.5, 0.6) is 0 Å². The number of benzene rings is 1. The van der Waals surface area contributed by atoms with E-state index < -0.39 is 0 Å². The molecule has 13 heteroatoms. The van der Waals surface area contributed by atoms with Gasteiger partial charge in [-0.05, 0) is 31.2 Å². The Kier molecular flexibility index (Phi) is 7.30. The molecule has 4 aromatic heterocycles. The van der Waals surface area contributed by atoms with Crippen LogP contribution in [-0.4, -0.2) is 89.3 Å². The number of urea groups is 1. The molecule has 0 spiro atoms. The van der Waals surface area contributed by atoms with Gasteiger partial charge in [0.25, 0.3) is 5.91 Å². The molecule has 1 fully saturated rings. The smallest absolute Gasteiger partial charge is 0.322 e. The fourth-order valence-electron chi connectivity index (χ4n) is 4.65. The average molecular weight is 651 g/mol. The lowest BCUT2D eigenvalue weighted by Crippen LogP contribution is -2.43. The van der Waals surface area contributed by atoms with E-state index in [-0.39, 0.29) is 11.9 Å². The van der Waals surface area contributed by atoms with Gasteiger partial charge in [0.05, 0.1) is 46.1 Å². The van der Waals surface area contributed by atoms with Gasteiger partial charge in [0, 0.05) is 43.2 Å². The lowest BCUT2D eigenvalue weighted by atomic mass is 10.1. The monoisotopic (exact) mass is 651 g/mol. The number of para-hydroxylation sites is 1. The number of nitrogens with one attached hydrogen (secondary N) is 3. The molecular formula is C27H26IN9O3. The number of nitrogens with zero attached hydrogens (tertiary/aromatic N) is 6. The Balaban J connectivity index is 1.32. The lowest BCUT2D eigenvalue weighted by Gasteiger charge is -2.26. The number of carbonyl (C=O) groups excluding carboxylic acids is 2. The van der Waals surface area contributed by atoms with Gasteiger partial charge in [0.2, 0.25) is 0 Å². The van der Waals surface area contributed by atoms with Crippen molar-refractivity contribution in [1.29, 1.82) is 0 Å². The van der Waals surface area contributed by atoms with Crippen molar-refractivity contribution < 1.29 is 14.3 Å². The van der Waals surface area contributed by atoms with Gasteiger partial charge in [-0.3, -0.25) is 14.9 Å². The van der Waals surface area contributed by atoms with Gasteiger partial charge in [-0.15, -0.1) is 0 Å². The number of morpholine rings is 1. The number of halogens is 1. The first-order valence-electron chi connectivity index (χ1n) is 12.8. The number of anilines is 1. The third-order valence-corrected chi connectivity index (χ3v) is 7.64. The molecule has 5 heterocycles. The second kappa shape index (κ2) is 11.2. The summed E-state index contributed by atoms with van der Waals surface area (Å²) in [5.74, 6) is 0.465. The number of pyridine rings is 2. The first-order valence-corrected chi connectivity index (χ1v) is 14.4. The summed E-state index contributed by atoms with van der Waals surface area (Å²) in [6.45, 7) is 4.73. The third kappa shape index (κ3) is 4.97. The predicted molar refractivity (Wildman–Crippen MR) is 159 cm³/mol. The summed E-state index contributed by atoms with van der Waals surface area (Å²) in [6.07, 6.45) is 5.06. The number of carbonyl (C=O) groups is 2. The average Bonchev–Trinajstić information content (AvgIpc) is 3.62. The Morgan fingerprint density at radius 1 is 1.15 bits per heavy atom. The van der Waals surface area contributed by atoms with E-state index in [9.17, 15) is 9.59 Å². The standard InChI is InChI=1S/C27H26IN9O3/c1-2-36(15-28)26(38)19-4-3-5-21-22(19)33-25(32-21)23-20-11-17(13-30-24(20)35-34-23)16-10-18(14-29-12-16)31-27(39)37-6-8-40-9-7-37/h3-5,10-14H,2,6-9,15H2,1H3,(H,31,39)(H,32,33)(H,30,34,35). The van der Waals surface area contributed by atoms with Crippen LogP contribution >= 0.6 is 22.6 Å². The maximum Gasteiger partial charge on any atom is 0.322 e. The molecule has 0 aliphatic carbocycles. The van der Waals surface area contributed by atoms with Crippen molar-refractivity contribution in [1.82, 2.24) is 39.9 Å². The van der Waals surface area contributed by atoms with E-state index in [0.717, 1.165) is 22.0 Å². The Morgan fingerprint density at radius 2 is 1.98 bits per heavy atom. The van der Waals surface area contributed by atoms with Gasteiger partial charge in [-0.2, -0.15) is 5.10 Å². The predicted octanol–water partition coefficient (Wildman–Crippen LogP) is 4.28. The van der Waals surface area contributed by atoms with E-state index in [0.29, 0.717) is 71.3 Å². The summed E-state index contributed by atoms with van der Waals surface area (Å²) in [5, 5.41) is 11.1. The molecule has 1 aliphatic heterocycles. The number of aromatic nitrogens is 6. The van der Waals surface area contributed by atoms with Crippen molar-refractivity contribution in [3.63, 3.8) is 0 Å². The molecule has 0 bridgehead atoms. The van der Waals surface area contributed by atoms with Crippen LogP contribution in [0.4, 0.5) is 10.5 Å². The Hall–Kier alpha value is -4.11. The molecule has 204 valence electrons. The minimum absolute atomic E-state index is 0.0653. The zero-order valence-electron chi connectivity index (χ0n) is 21.6. The van der Waals surface area contributed by atoms with Crippen molar-refractivity contribution in [2.75, 3.05) is 42.7 Å². The SMILES string of the molecule is CCN(CI)C(=O)c1cccc2[nH]c(-c3n[nH]c4ncc(-c5cncc(NC(=O)N6CCOCC6)c5)cc34)nc12. The Labute approximate surface area is 242 Å². The van der Waals surface area contributed by atoms with Crippen molar-refractivity contribution in [2.45, 2.75) is 6.92 Å². The number of imidazole rings is 1. The van der Waals surface area contributed by atoms with Crippen molar-refractivity contribution in [3.8, 4) is 22.6 Å². The minimum atomic E-state index is -0.184. The molecule has 0 unspecified atom stereocenters. The number of fused-ring (bicyclic) bond motifs is 2. The highest BCUT2D eigenvalue weighted by atomic mass is 127. The minimum Gasteiger partial charge on any atom is -0.378 e. The molecule has 1 aliphatic rings. The number of rotatable bonds is 6. The Morgan fingerprint density at radius 3 is 2.77 bits per heavy atom. The van der Waals surface area contributed by atoms with Crippen LogP contribution in [0.25, 0.3) is 44.7 Å². The molecular weight excluding hydrogens is 625 g/mol. The molecule has 0 radical (unpaired) electrons. The van der Waals surface area contributed by atoms with Crippen LogP contribution in [0.15, 0.2) is 48.9 Å². The molecule has 0 atom stereocenters. The second-order valence-corrected chi connectivity index (χ2v) is 9.93. The summed E-state index contributed by atoms with van der Waals surface area (Å²) in [4.78, 5) is 46.2. The third-order valence-electron chi connectivity index (χ3n) is 6.82. The maximum atomic E-state index is 13.1. The normalized spacial score (nSPS) is 13.6. The molecule has 5 aromatic rings. The summed E-state index contributed by atoms with van der Waals surface area (Å²) >= 11 is 2.19. The number of alkyl halides is 1. The number of ether oxygens (including phenoxy) is 1. The molecule has 6 rings (SSSR count). The number of hydrogen-bond acceptors (Lipinski definition) is 7. The van der Waals surface area contributed by atoms with Crippen LogP contribution in [0, 0.1) is 0 Å². The molecule has 1 aromatic carbocycles. The van der Waals surface area contributed by atoms with Gasteiger partial charge in [-0.1, -0.05) is 28.7 Å². The maximum absolute atomic E-state index is 13.1. The van der Waals surface area contributed by atoms with Gasteiger partial charge < -0.3 is 24.8 Å².